The molecule has 1 saturated carbocycles. The monoisotopic (exact) mass is 280 g/mol. The van der Waals surface area contributed by atoms with E-state index in [1.807, 2.05) is 11.3 Å². The van der Waals surface area contributed by atoms with Gasteiger partial charge in [0, 0.05) is 16.8 Å². The maximum absolute atomic E-state index is 6.85. The molecule has 1 aromatic heterocycles. The Morgan fingerprint density at radius 3 is 2.53 bits per heavy atom. The minimum absolute atomic E-state index is 0.0623. The number of nitrogens with two attached hydrogens (primary N) is 1. The number of nitrogens with zero attached hydrogens (tertiary/aromatic N) is 1. The van der Waals surface area contributed by atoms with Gasteiger partial charge in [-0.15, -0.1) is 11.3 Å². The average Bonchev–Trinajstić information content (AvgIpc) is 2.55. The number of aromatic nitrogens is 1. The van der Waals surface area contributed by atoms with E-state index in [2.05, 4.69) is 34.6 Å². The van der Waals surface area contributed by atoms with E-state index < -0.39 is 0 Å². The molecular weight excluding hydrogens is 252 g/mol. The molecule has 1 fully saturated rings. The first-order valence-corrected chi connectivity index (χ1v) is 8.26. The molecule has 2 rings (SSSR count). The van der Waals surface area contributed by atoms with Gasteiger partial charge in [-0.3, -0.25) is 0 Å². The summed E-state index contributed by atoms with van der Waals surface area (Å²) in [6.45, 7) is 11.3. The molecule has 2 N–H and O–H groups in total. The van der Waals surface area contributed by atoms with Crippen molar-refractivity contribution in [2.24, 2.45) is 17.1 Å². The highest BCUT2D eigenvalue weighted by molar-refractivity contribution is 7.11. The summed E-state index contributed by atoms with van der Waals surface area (Å²) in [6.07, 6.45) is 5.97. The predicted molar refractivity (Wildman–Crippen MR) is 83.6 cm³/mol. The molecule has 1 heterocycles. The van der Waals surface area contributed by atoms with Crippen molar-refractivity contribution in [3.63, 3.8) is 0 Å². The van der Waals surface area contributed by atoms with Crippen LogP contribution < -0.4 is 5.73 Å². The van der Waals surface area contributed by atoms with Crippen LogP contribution in [-0.4, -0.2) is 10.5 Å². The predicted octanol–water partition coefficient (Wildman–Crippen LogP) is 4.24. The molecule has 3 heteroatoms. The van der Waals surface area contributed by atoms with Crippen LogP contribution in [0.5, 0.6) is 0 Å². The second-order valence-corrected chi connectivity index (χ2v) is 8.61. The summed E-state index contributed by atoms with van der Waals surface area (Å²) >= 11 is 1.83. The summed E-state index contributed by atoms with van der Waals surface area (Å²) in [7, 11) is 0. The van der Waals surface area contributed by atoms with Crippen molar-refractivity contribution < 1.29 is 0 Å². The molecule has 1 aromatic rings. The van der Waals surface area contributed by atoms with E-state index in [-0.39, 0.29) is 11.0 Å². The molecule has 108 valence electrons. The lowest BCUT2D eigenvalue weighted by atomic mass is 9.61. The molecular formula is C16H28N2S. The highest BCUT2D eigenvalue weighted by Crippen LogP contribution is 2.44. The summed E-state index contributed by atoms with van der Waals surface area (Å²) in [5, 5.41) is 1.23. The maximum atomic E-state index is 6.85. The minimum atomic E-state index is -0.0623. The van der Waals surface area contributed by atoms with Gasteiger partial charge in [-0.05, 0) is 38.0 Å². The first-order valence-electron chi connectivity index (χ1n) is 7.44. The van der Waals surface area contributed by atoms with Gasteiger partial charge in [-0.1, -0.05) is 33.6 Å². The zero-order valence-electron chi connectivity index (χ0n) is 13.0. The second kappa shape index (κ2) is 5.17. The van der Waals surface area contributed by atoms with Gasteiger partial charge in [0.15, 0.2) is 0 Å². The minimum Gasteiger partial charge on any atom is -0.324 e. The molecule has 0 radical (unpaired) electrons. The van der Waals surface area contributed by atoms with Crippen LogP contribution in [-0.2, 0) is 6.42 Å². The summed E-state index contributed by atoms with van der Waals surface area (Å²) in [5.41, 5.74) is 8.25. The summed E-state index contributed by atoms with van der Waals surface area (Å²) < 4.78 is 0. The van der Waals surface area contributed by atoms with Gasteiger partial charge in [-0.2, -0.15) is 0 Å². The van der Waals surface area contributed by atoms with E-state index in [0.717, 1.165) is 12.8 Å². The SMILES string of the molecule is Cc1nc(CC2(N)CCCCC2C(C)(C)C)sc1C. The number of hydrogen-bond donors (Lipinski definition) is 1. The van der Waals surface area contributed by atoms with Gasteiger partial charge in [0.1, 0.15) is 0 Å². The van der Waals surface area contributed by atoms with E-state index >= 15 is 0 Å². The van der Waals surface area contributed by atoms with Crippen molar-refractivity contribution in [3.8, 4) is 0 Å². The van der Waals surface area contributed by atoms with Crippen LogP contribution in [0, 0.1) is 25.2 Å². The number of aryl methyl sites for hydroxylation is 2. The molecule has 0 saturated heterocycles. The van der Waals surface area contributed by atoms with E-state index in [0.29, 0.717) is 5.92 Å². The van der Waals surface area contributed by atoms with Crippen LogP contribution >= 0.6 is 11.3 Å². The van der Waals surface area contributed by atoms with Crippen LogP contribution in [0.4, 0.5) is 0 Å². The first-order chi connectivity index (χ1) is 8.72. The topological polar surface area (TPSA) is 38.9 Å². The fraction of sp³-hybridized carbons (Fsp3) is 0.812. The molecule has 2 nitrogen and oxygen atoms in total. The summed E-state index contributed by atoms with van der Waals surface area (Å²) in [5.74, 6) is 0.596. The molecule has 0 amide bonds. The van der Waals surface area contributed by atoms with Gasteiger partial charge in [0.05, 0.1) is 10.7 Å². The lowest BCUT2D eigenvalue weighted by Crippen LogP contribution is -2.55. The maximum Gasteiger partial charge on any atom is 0.0949 e. The van der Waals surface area contributed by atoms with Gasteiger partial charge >= 0.3 is 0 Å². The van der Waals surface area contributed by atoms with Crippen LogP contribution in [0.25, 0.3) is 0 Å². The van der Waals surface area contributed by atoms with Crippen molar-refractivity contribution in [2.75, 3.05) is 0 Å². The molecule has 0 bridgehead atoms. The van der Waals surface area contributed by atoms with Crippen molar-refractivity contribution in [1.82, 2.24) is 4.98 Å². The molecule has 1 aliphatic rings. The Morgan fingerprint density at radius 1 is 1.32 bits per heavy atom. The third-order valence-electron chi connectivity index (χ3n) is 4.68. The molecule has 0 aromatic carbocycles. The highest BCUT2D eigenvalue weighted by Gasteiger charge is 2.43. The third-order valence-corrected chi connectivity index (χ3v) is 5.75. The van der Waals surface area contributed by atoms with Gasteiger partial charge < -0.3 is 5.73 Å². The molecule has 0 spiro atoms. The van der Waals surface area contributed by atoms with Crippen LogP contribution in [0.2, 0.25) is 0 Å². The average molecular weight is 280 g/mol. The normalized spacial score (nSPS) is 28.6. The fourth-order valence-electron chi connectivity index (χ4n) is 3.67. The largest absolute Gasteiger partial charge is 0.324 e. The second-order valence-electron chi connectivity index (χ2n) is 7.32. The Kier molecular flexibility index (Phi) is 4.08. The Bertz CT molecular complexity index is 425. The standard InChI is InChI=1S/C16H28N2S/c1-11-12(2)19-14(18-11)10-16(17)9-7-6-8-13(16)15(3,4)5/h13H,6-10,17H2,1-5H3. The Hall–Kier alpha value is -0.410. The quantitative estimate of drug-likeness (QED) is 0.880. The lowest BCUT2D eigenvalue weighted by Gasteiger charge is -2.47. The van der Waals surface area contributed by atoms with Gasteiger partial charge in [-0.25, -0.2) is 4.98 Å². The number of rotatable bonds is 2. The van der Waals surface area contributed by atoms with Crippen molar-refractivity contribution in [1.29, 1.82) is 0 Å². The zero-order chi connectivity index (χ0) is 14.3. The van der Waals surface area contributed by atoms with Crippen LogP contribution in [0.3, 0.4) is 0 Å². The van der Waals surface area contributed by atoms with E-state index in [4.69, 9.17) is 10.7 Å². The fourth-order valence-corrected chi connectivity index (χ4v) is 4.74. The summed E-state index contributed by atoms with van der Waals surface area (Å²) in [6, 6.07) is 0. The molecule has 2 atom stereocenters. The van der Waals surface area contributed by atoms with Crippen LogP contribution in [0.1, 0.15) is 62.0 Å². The zero-order valence-corrected chi connectivity index (χ0v) is 13.9. The van der Waals surface area contributed by atoms with Crippen molar-refractivity contribution in [3.05, 3.63) is 15.6 Å². The Balaban J connectivity index is 2.23. The Labute approximate surface area is 121 Å². The van der Waals surface area contributed by atoms with E-state index in [9.17, 15) is 0 Å². The van der Waals surface area contributed by atoms with E-state index in [1.165, 1.54) is 34.8 Å². The molecule has 0 aliphatic heterocycles. The van der Waals surface area contributed by atoms with Gasteiger partial charge in [0.2, 0.25) is 0 Å². The van der Waals surface area contributed by atoms with E-state index in [1.54, 1.807) is 0 Å². The lowest BCUT2D eigenvalue weighted by molar-refractivity contribution is 0.0792. The van der Waals surface area contributed by atoms with Crippen molar-refractivity contribution in [2.45, 2.75) is 72.3 Å². The first kappa shape index (κ1) is 15.0. The van der Waals surface area contributed by atoms with Gasteiger partial charge in [0.25, 0.3) is 0 Å². The highest BCUT2D eigenvalue weighted by atomic mass is 32.1. The third kappa shape index (κ3) is 3.19. The van der Waals surface area contributed by atoms with Crippen LogP contribution in [0.15, 0.2) is 0 Å². The molecule has 19 heavy (non-hydrogen) atoms. The smallest absolute Gasteiger partial charge is 0.0949 e. The number of hydrogen-bond acceptors (Lipinski definition) is 3. The summed E-state index contributed by atoms with van der Waals surface area (Å²) in [4.78, 5) is 6.04. The van der Waals surface area contributed by atoms with Crippen molar-refractivity contribution >= 4 is 11.3 Å². The Morgan fingerprint density at radius 2 is 2.00 bits per heavy atom. The molecule has 2 unspecified atom stereocenters. The molecule has 1 aliphatic carbocycles. The number of thiazole rings is 1.